The summed E-state index contributed by atoms with van der Waals surface area (Å²) >= 11 is 1.26. The molecule has 2 aromatic heterocycles. The maximum absolute atomic E-state index is 12.6. The van der Waals surface area contributed by atoms with Gasteiger partial charge in [0, 0.05) is 26.3 Å². The topological polar surface area (TPSA) is 97.2 Å². The highest BCUT2D eigenvalue weighted by atomic mass is 32.2. The number of amides is 1. The molecule has 1 aliphatic heterocycles. The normalized spacial score (nSPS) is 15.5. The minimum absolute atomic E-state index is 0.156. The van der Waals surface area contributed by atoms with Crippen LogP contribution in [0.1, 0.15) is 30.7 Å². The summed E-state index contributed by atoms with van der Waals surface area (Å²) in [7, 11) is -1.66. The molecule has 28 heavy (non-hydrogen) atoms. The number of carbonyl (C=O) groups is 1. The first-order valence-electron chi connectivity index (χ1n) is 9.18. The van der Waals surface area contributed by atoms with Crippen LogP contribution in [0.3, 0.4) is 0 Å². The highest BCUT2D eigenvalue weighted by Gasteiger charge is 2.26. The number of anilines is 1. The predicted octanol–water partition coefficient (Wildman–Crippen LogP) is 2.34. The van der Waals surface area contributed by atoms with E-state index in [1.165, 1.54) is 22.3 Å². The number of hydrogen-bond donors (Lipinski definition) is 1. The molecular weight excluding hydrogens is 398 g/mol. The fraction of sp³-hybridized carbons (Fsp3) is 0.500. The Labute approximate surface area is 169 Å². The van der Waals surface area contributed by atoms with E-state index in [0.29, 0.717) is 18.1 Å². The van der Waals surface area contributed by atoms with Crippen LogP contribution in [0.25, 0.3) is 0 Å². The lowest BCUT2D eigenvalue weighted by Crippen LogP contribution is -2.35. The Hall–Kier alpha value is -1.91. The third-order valence-corrected chi connectivity index (χ3v) is 7.61. The second-order valence-corrected chi connectivity index (χ2v) is 9.74. The largest absolute Gasteiger partial charge is 0.322 e. The number of thioether (sulfide) groups is 1. The molecule has 10 heteroatoms. The number of sulfonamides is 1. The van der Waals surface area contributed by atoms with E-state index in [2.05, 4.69) is 15.4 Å². The highest BCUT2D eigenvalue weighted by molar-refractivity contribution is 7.99. The Morgan fingerprint density at radius 1 is 1.21 bits per heavy atom. The molecule has 1 aliphatic rings. The van der Waals surface area contributed by atoms with Gasteiger partial charge in [0.1, 0.15) is 4.90 Å². The molecule has 2 aromatic rings. The van der Waals surface area contributed by atoms with Gasteiger partial charge < -0.3 is 5.32 Å². The van der Waals surface area contributed by atoms with Crippen LogP contribution in [0.5, 0.6) is 0 Å². The maximum atomic E-state index is 12.6. The van der Waals surface area contributed by atoms with Crippen molar-refractivity contribution >= 4 is 33.4 Å². The van der Waals surface area contributed by atoms with Gasteiger partial charge in [-0.05, 0) is 38.8 Å². The molecule has 0 aliphatic carbocycles. The fourth-order valence-electron chi connectivity index (χ4n) is 3.13. The molecule has 0 aromatic carbocycles. The molecule has 0 bridgehead atoms. The summed E-state index contributed by atoms with van der Waals surface area (Å²) in [6.45, 7) is 4.86. The molecule has 0 atom stereocenters. The number of aryl methyl sites for hydroxylation is 2. The summed E-state index contributed by atoms with van der Waals surface area (Å²) in [5.41, 5.74) is 2.38. The van der Waals surface area contributed by atoms with Gasteiger partial charge in [0.25, 0.3) is 0 Å². The number of pyridine rings is 1. The molecule has 152 valence electrons. The summed E-state index contributed by atoms with van der Waals surface area (Å²) < 4.78 is 28.5. The van der Waals surface area contributed by atoms with Gasteiger partial charge in [-0.25, -0.2) is 13.4 Å². The number of rotatable bonds is 6. The molecule has 0 radical (unpaired) electrons. The molecule has 3 heterocycles. The third-order valence-electron chi connectivity index (χ3n) is 4.79. The van der Waals surface area contributed by atoms with Crippen molar-refractivity contribution in [1.29, 1.82) is 0 Å². The molecule has 1 fully saturated rings. The van der Waals surface area contributed by atoms with E-state index in [1.807, 2.05) is 20.9 Å². The van der Waals surface area contributed by atoms with Crippen molar-refractivity contribution < 1.29 is 13.2 Å². The molecular formula is C18H25N5O3S2. The van der Waals surface area contributed by atoms with Gasteiger partial charge >= 0.3 is 0 Å². The smallest absolute Gasteiger partial charge is 0.244 e. The molecule has 1 saturated heterocycles. The van der Waals surface area contributed by atoms with E-state index in [-0.39, 0.29) is 16.6 Å². The second-order valence-electron chi connectivity index (χ2n) is 6.80. The van der Waals surface area contributed by atoms with Gasteiger partial charge in [-0.2, -0.15) is 9.40 Å². The first kappa shape index (κ1) is 20.8. The van der Waals surface area contributed by atoms with Gasteiger partial charge in [-0.1, -0.05) is 18.2 Å². The standard InChI is InChI=1S/C18H25N5O3S2/c1-13-18(14(2)22(3)21-13)20-16(24)12-27-17-8-7-15(11-19-17)28(25,26)23-9-5-4-6-10-23/h7-8,11H,4-6,9-10,12H2,1-3H3,(H,20,24). The predicted molar refractivity (Wildman–Crippen MR) is 109 cm³/mol. The van der Waals surface area contributed by atoms with Gasteiger partial charge in [-0.15, -0.1) is 0 Å². The first-order valence-corrected chi connectivity index (χ1v) is 11.6. The quantitative estimate of drug-likeness (QED) is 0.716. The Morgan fingerprint density at radius 3 is 2.50 bits per heavy atom. The van der Waals surface area contributed by atoms with Crippen LogP contribution in [0.15, 0.2) is 28.3 Å². The van der Waals surface area contributed by atoms with E-state index >= 15 is 0 Å². The van der Waals surface area contributed by atoms with Crippen molar-refractivity contribution in [1.82, 2.24) is 19.1 Å². The highest BCUT2D eigenvalue weighted by Crippen LogP contribution is 2.23. The van der Waals surface area contributed by atoms with Crippen molar-refractivity contribution in [3.05, 3.63) is 29.7 Å². The summed E-state index contributed by atoms with van der Waals surface area (Å²) in [5, 5.41) is 7.75. The van der Waals surface area contributed by atoms with E-state index < -0.39 is 10.0 Å². The van der Waals surface area contributed by atoms with E-state index in [1.54, 1.807) is 16.8 Å². The number of hydrogen-bond acceptors (Lipinski definition) is 6. The van der Waals surface area contributed by atoms with Crippen LogP contribution in [0, 0.1) is 13.8 Å². The van der Waals surface area contributed by atoms with Crippen molar-refractivity contribution in [3.63, 3.8) is 0 Å². The molecule has 0 spiro atoms. The molecule has 1 amide bonds. The summed E-state index contributed by atoms with van der Waals surface area (Å²) in [6.07, 6.45) is 4.23. The van der Waals surface area contributed by atoms with Crippen LogP contribution in [0.2, 0.25) is 0 Å². The lowest BCUT2D eigenvalue weighted by atomic mass is 10.2. The summed E-state index contributed by atoms with van der Waals surface area (Å²) in [5.74, 6) is 0.0231. The van der Waals surface area contributed by atoms with Gasteiger partial charge in [-0.3, -0.25) is 9.48 Å². The fourth-order valence-corrected chi connectivity index (χ4v) is 5.23. The summed E-state index contributed by atoms with van der Waals surface area (Å²) in [6, 6.07) is 3.21. The van der Waals surface area contributed by atoms with Gasteiger partial charge in [0.05, 0.1) is 27.9 Å². The van der Waals surface area contributed by atoms with E-state index in [4.69, 9.17) is 0 Å². The number of nitrogens with one attached hydrogen (secondary N) is 1. The zero-order chi connectivity index (χ0) is 20.3. The van der Waals surface area contributed by atoms with Crippen molar-refractivity contribution in [2.75, 3.05) is 24.2 Å². The zero-order valence-corrected chi connectivity index (χ0v) is 17.9. The molecule has 0 unspecified atom stereocenters. The third kappa shape index (κ3) is 4.56. The lowest BCUT2D eigenvalue weighted by molar-refractivity contribution is -0.113. The van der Waals surface area contributed by atoms with E-state index in [0.717, 1.165) is 36.3 Å². The van der Waals surface area contributed by atoms with Crippen LogP contribution in [-0.4, -0.2) is 52.2 Å². The molecule has 0 saturated carbocycles. The average molecular weight is 424 g/mol. The molecule has 8 nitrogen and oxygen atoms in total. The SMILES string of the molecule is Cc1nn(C)c(C)c1NC(=O)CSc1ccc(S(=O)(=O)N2CCCCC2)cn1. The van der Waals surface area contributed by atoms with Gasteiger partial charge in [0.15, 0.2) is 0 Å². The number of aromatic nitrogens is 3. The molecule has 1 N–H and O–H groups in total. The Morgan fingerprint density at radius 2 is 1.93 bits per heavy atom. The summed E-state index contributed by atoms with van der Waals surface area (Å²) in [4.78, 5) is 16.7. The Balaban J connectivity index is 1.59. The minimum atomic E-state index is -3.48. The maximum Gasteiger partial charge on any atom is 0.244 e. The van der Waals surface area contributed by atoms with Gasteiger partial charge in [0.2, 0.25) is 15.9 Å². The van der Waals surface area contributed by atoms with Crippen molar-refractivity contribution in [2.45, 2.75) is 43.0 Å². The molecule has 3 rings (SSSR count). The van der Waals surface area contributed by atoms with Crippen LogP contribution in [-0.2, 0) is 21.9 Å². The van der Waals surface area contributed by atoms with Crippen LogP contribution in [0.4, 0.5) is 5.69 Å². The first-order chi connectivity index (χ1) is 13.3. The van der Waals surface area contributed by atoms with Crippen molar-refractivity contribution in [2.24, 2.45) is 7.05 Å². The lowest BCUT2D eigenvalue weighted by Gasteiger charge is -2.25. The van der Waals surface area contributed by atoms with Crippen LogP contribution >= 0.6 is 11.8 Å². The Bertz CT molecular complexity index is 948. The minimum Gasteiger partial charge on any atom is -0.322 e. The number of nitrogens with zero attached hydrogens (tertiary/aromatic N) is 4. The van der Waals surface area contributed by atoms with Crippen molar-refractivity contribution in [3.8, 4) is 0 Å². The van der Waals surface area contributed by atoms with Crippen LogP contribution < -0.4 is 5.32 Å². The number of carbonyl (C=O) groups excluding carboxylic acids is 1. The number of piperidine rings is 1. The monoisotopic (exact) mass is 423 g/mol. The average Bonchev–Trinajstić information content (AvgIpc) is 2.93. The Kier molecular flexibility index (Phi) is 6.41. The zero-order valence-electron chi connectivity index (χ0n) is 16.3. The second kappa shape index (κ2) is 8.62. The van der Waals surface area contributed by atoms with E-state index in [9.17, 15) is 13.2 Å².